The van der Waals surface area contributed by atoms with Crippen LogP contribution in [0.1, 0.15) is 69.0 Å². The number of methoxy groups -OCH3 is 1. The first kappa shape index (κ1) is 14.0. The number of nitrogens with one attached hydrogen (secondary N) is 1. The van der Waals surface area contributed by atoms with Crippen molar-refractivity contribution in [2.24, 2.45) is 0 Å². The van der Waals surface area contributed by atoms with Crippen LogP contribution in [-0.2, 0) is 10.3 Å². The fraction of sp³-hybridized carbons (Fsp3) is 0.867. The molecule has 1 aromatic heterocycles. The Balaban J connectivity index is 1.82. The van der Waals surface area contributed by atoms with Crippen LogP contribution in [0.3, 0.4) is 0 Å². The molecule has 2 aliphatic carbocycles. The molecule has 1 N–H and O–H groups in total. The summed E-state index contributed by atoms with van der Waals surface area (Å²) in [6, 6.07) is 0.466. The van der Waals surface area contributed by atoms with Crippen molar-refractivity contribution >= 4 is 0 Å². The number of hydrogen-bond acceptors (Lipinski definition) is 5. The molecule has 2 unspecified atom stereocenters. The first-order valence-corrected chi connectivity index (χ1v) is 7.85. The number of aromatic nitrogens is 2. The zero-order valence-electron chi connectivity index (χ0n) is 12.5. The Hall–Kier alpha value is -0.940. The van der Waals surface area contributed by atoms with Gasteiger partial charge >= 0.3 is 0 Å². The van der Waals surface area contributed by atoms with Gasteiger partial charge in [-0.25, -0.2) is 0 Å². The average molecular weight is 279 g/mol. The highest BCUT2D eigenvalue weighted by atomic mass is 16.5. The van der Waals surface area contributed by atoms with Crippen molar-refractivity contribution in [3.05, 3.63) is 11.7 Å². The highest BCUT2D eigenvalue weighted by Gasteiger charge is 2.40. The molecule has 1 aromatic rings. The molecule has 2 aliphatic rings. The van der Waals surface area contributed by atoms with Gasteiger partial charge in [0.15, 0.2) is 0 Å². The summed E-state index contributed by atoms with van der Waals surface area (Å²) >= 11 is 0. The lowest BCUT2D eigenvalue weighted by Crippen LogP contribution is -2.32. The highest BCUT2D eigenvalue weighted by Crippen LogP contribution is 2.40. The molecule has 0 radical (unpaired) electrons. The number of nitrogens with zero attached hydrogens (tertiary/aromatic N) is 2. The summed E-state index contributed by atoms with van der Waals surface area (Å²) < 4.78 is 11.4. The molecule has 5 nitrogen and oxygen atoms in total. The largest absolute Gasteiger partial charge is 0.370 e. The fourth-order valence-corrected chi connectivity index (χ4v) is 3.81. The fourth-order valence-electron chi connectivity index (χ4n) is 3.81. The second-order valence-electron chi connectivity index (χ2n) is 6.15. The van der Waals surface area contributed by atoms with Crippen molar-refractivity contribution in [3.8, 4) is 0 Å². The van der Waals surface area contributed by atoms with Gasteiger partial charge in [0.1, 0.15) is 5.60 Å². The van der Waals surface area contributed by atoms with Gasteiger partial charge < -0.3 is 14.6 Å². The van der Waals surface area contributed by atoms with Crippen LogP contribution in [0, 0.1) is 0 Å². The standard InChI is InChI=1S/C15H25N3O2/c1-16-12-8-6-7-11(12)13-17-14(18-20-13)15(19-2)9-4-3-5-10-15/h11-12,16H,3-10H2,1-2H3. The second kappa shape index (κ2) is 5.82. The molecule has 0 spiro atoms. The van der Waals surface area contributed by atoms with E-state index in [1.807, 2.05) is 7.05 Å². The van der Waals surface area contributed by atoms with Crippen molar-refractivity contribution in [1.82, 2.24) is 15.5 Å². The van der Waals surface area contributed by atoms with Crippen molar-refractivity contribution in [2.45, 2.75) is 68.9 Å². The quantitative estimate of drug-likeness (QED) is 0.918. The van der Waals surface area contributed by atoms with Gasteiger partial charge in [-0.05, 0) is 32.7 Å². The third-order valence-corrected chi connectivity index (χ3v) is 5.11. The smallest absolute Gasteiger partial charge is 0.231 e. The minimum Gasteiger partial charge on any atom is -0.370 e. The number of ether oxygens (including phenoxy) is 1. The first-order chi connectivity index (χ1) is 9.79. The third kappa shape index (κ3) is 2.37. The maximum Gasteiger partial charge on any atom is 0.231 e. The van der Waals surface area contributed by atoms with Crippen LogP contribution < -0.4 is 5.32 Å². The van der Waals surface area contributed by atoms with Crippen LogP contribution in [0.4, 0.5) is 0 Å². The summed E-state index contributed by atoms with van der Waals surface area (Å²) in [7, 11) is 3.78. The minimum atomic E-state index is -0.312. The Labute approximate surface area is 120 Å². The summed E-state index contributed by atoms with van der Waals surface area (Å²) in [5.74, 6) is 1.91. The summed E-state index contributed by atoms with van der Waals surface area (Å²) in [5, 5.41) is 7.62. The zero-order valence-corrected chi connectivity index (χ0v) is 12.5. The van der Waals surface area contributed by atoms with Crippen LogP contribution in [-0.4, -0.2) is 30.3 Å². The van der Waals surface area contributed by atoms with Crippen LogP contribution in [0.5, 0.6) is 0 Å². The lowest BCUT2D eigenvalue weighted by molar-refractivity contribution is -0.0527. The van der Waals surface area contributed by atoms with Gasteiger partial charge in [0.2, 0.25) is 11.7 Å². The SMILES string of the molecule is CNC1CCCC1c1nc(C2(OC)CCCCC2)no1. The van der Waals surface area contributed by atoms with Gasteiger partial charge in [-0.2, -0.15) is 4.98 Å². The van der Waals surface area contributed by atoms with E-state index < -0.39 is 0 Å². The summed E-state index contributed by atoms with van der Waals surface area (Å²) in [6.45, 7) is 0. The molecule has 0 amide bonds. The topological polar surface area (TPSA) is 60.2 Å². The van der Waals surface area contributed by atoms with Gasteiger partial charge in [0.25, 0.3) is 0 Å². The van der Waals surface area contributed by atoms with E-state index in [4.69, 9.17) is 14.2 Å². The van der Waals surface area contributed by atoms with Gasteiger partial charge in [0, 0.05) is 13.2 Å². The van der Waals surface area contributed by atoms with Crippen molar-refractivity contribution in [3.63, 3.8) is 0 Å². The highest BCUT2D eigenvalue weighted by molar-refractivity contribution is 5.08. The molecule has 20 heavy (non-hydrogen) atoms. The Morgan fingerprint density at radius 3 is 2.70 bits per heavy atom. The van der Waals surface area contributed by atoms with Gasteiger partial charge in [-0.3, -0.25) is 0 Å². The molecule has 0 bridgehead atoms. The van der Waals surface area contributed by atoms with Crippen LogP contribution in [0.15, 0.2) is 4.52 Å². The average Bonchev–Trinajstić information content (AvgIpc) is 3.16. The molecule has 0 aromatic carbocycles. The van der Waals surface area contributed by atoms with Crippen LogP contribution >= 0.6 is 0 Å². The molecule has 5 heteroatoms. The molecule has 3 rings (SSSR count). The van der Waals surface area contributed by atoms with E-state index >= 15 is 0 Å². The molecule has 0 aliphatic heterocycles. The Morgan fingerprint density at radius 2 is 2.00 bits per heavy atom. The minimum absolute atomic E-state index is 0.312. The normalized spacial score (nSPS) is 29.7. The molecule has 2 saturated carbocycles. The summed E-state index contributed by atoms with van der Waals surface area (Å²) in [6.07, 6.45) is 9.19. The van der Waals surface area contributed by atoms with Crippen molar-refractivity contribution < 1.29 is 9.26 Å². The number of hydrogen-bond donors (Lipinski definition) is 1. The Kier molecular flexibility index (Phi) is 4.08. The third-order valence-electron chi connectivity index (χ3n) is 5.11. The van der Waals surface area contributed by atoms with E-state index in [1.165, 1.54) is 32.1 Å². The van der Waals surface area contributed by atoms with E-state index in [-0.39, 0.29) is 5.60 Å². The van der Waals surface area contributed by atoms with E-state index in [9.17, 15) is 0 Å². The maximum atomic E-state index is 5.79. The van der Waals surface area contributed by atoms with Gasteiger partial charge in [0.05, 0.1) is 5.92 Å². The predicted octanol–water partition coefficient (Wildman–Crippen LogP) is 2.73. The zero-order chi connectivity index (χ0) is 14.0. The molecule has 0 saturated heterocycles. The van der Waals surface area contributed by atoms with E-state index in [2.05, 4.69) is 10.5 Å². The van der Waals surface area contributed by atoms with E-state index in [0.29, 0.717) is 12.0 Å². The van der Waals surface area contributed by atoms with Crippen LogP contribution in [0.25, 0.3) is 0 Å². The summed E-state index contributed by atoms with van der Waals surface area (Å²) in [5.41, 5.74) is -0.312. The van der Waals surface area contributed by atoms with Gasteiger partial charge in [-0.15, -0.1) is 0 Å². The molecular weight excluding hydrogens is 254 g/mol. The van der Waals surface area contributed by atoms with E-state index in [1.54, 1.807) is 7.11 Å². The second-order valence-corrected chi connectivity index (χ2v) is 6.15. The monoisotopic (exact) mass is 279 g/mol. The molecule has 112 valence electrons. The van der Waals surface area contributed by atoms with Crippen molar-refractivity contribution in [2.75, 3.05) is 14.2 Å². The van der Waals surface area contributed by atoms with Crippen molar-refractivity contribution in [1.29, 1.82) is 0 Å². The molecular formula is C15H25N3O2. The number of likely N-dealkylation sites (N-methyl/N-ethyl adjacent to an activating group) is 1. The first-order valence-electron chi connectivity index (χ1n) is 7.85. The van der Waals surface area contributed by atoms with Gasteiger partial charge in [-0.1, -0.05) is 30.8 Å². The summed E-state index contributed by atoms with van der Waals surface area (Å²) in [4.78, 5) is 4.71. The molecule has 2 atom stereocenters. The Morgan fingerprint density at radius 1 is 1.20 bits per heavy atom. The maximum absolute atomic E-state index is 5.79. The lowest BCUT2D eigenvalue weighted by Gasteiger charge is -2.32. The lowest BCUT2D eigenvalue weighted by atomic mass is 9.84. The predicted molar refractivity (Wildman–Crippen MR) is 75.5 cm³/mol. The number of rotatable bonds is 4. The Bertz CT molecular complexity index is 440. The van der Waals surface area contributed by atoms with E-state index in [0.717, 1.165) is 31.0 Å². The molecule has 2 fully saturated rings. The molecule has 1 heterocycles. The van der Waals surface area contributed by atoms with Crippen LogP contribution in [0.2, 0.25) is 0 Å².